The Morgan fingerprint density at radius 2 is 1.53 bits per heavy atom. The molecule has 2 N–H and O–H groups in total. The van der Waals surface area contributed by atoms with Crippen molar-refractivity contribution in [3.05, 3.63) is 0 Å². The maximum absolute atomic E-state index is 12.6. The molecule has 2 heterocycles. The average molecular weight is 465 g/mol. The number of ether oxygens (including phenoxy) is 8. The minimum Gasteiger partial charge on any atom is -0.444 e. The summed E-state index contributed by atoms with van der Waals surface area (Å²) >= 11 is 0. The molecule has 0 bridgehead atoms. The third-order valence-corrected chi connectivity index (χ3v) is 4.50. The van der Waals surface area contributed by atoms with Crippen LogP contribution >= 0.6 is 0 Å². The Morgan fingerprint density at radius 3 is 2.09 bits per heavy atom. The maximum atomic E-state index is 12.6. The van der Waals surface area contributed by atoms with E-state index in [4.69, 9.17) is 43.6 Å². The van der Waals surface area contributed by atoms with Crippen molar-refractivity contribution in [2.45, 2.75) is 64.4 Å². The van der Waals surface area contributed by atoms with Gasteiger partial charge in [-0.2, -0.15) is 0 Å². The van der Waals surface area contributed by atoms with Crippen molar-refractivity contribution in [3.63, 3.8) is 0 Å². The highest BCUT2D eigenvalue weighted by molar-refractivity contribution is 5.68. The summed E-state index contributed by atoms with van der Waals surface area (Å²) in [5, 5.41) is 0. The number of rotatable bonds is 13. The van der Waals surface area contributed by atoms with E-state index in [1.54, 1.807) is 13.8 Å². The van der Waals surface area contributed by atoms with Crippen LogP contribution in [0.5, 0.6) is 0 Å². The summed E-state index contributed by atoms with van der Waals surface area (Å²) in [7, 11) is 0. The van der Waals surface area contributed by atoms with Gasteiger partial charge in [0.15, 0.2) is 12.0 Å². The fourth-order valence-electron chi connectivity index (χ4n) is 3.18. The molecule has 3 unspecified atom stereocenters. The van der Waals surface area contributed by atoms with Crippen LogP contribution in [0.15, 0.2) is 0 Å². The van der Waals surface area contributed by atoms with E-state index in [0.29, 0.717) is 59.4 Å². The highest BCUT2D eigenvalue weighted by Crippen LogP contribution is 2.36. The van der Waals surface area contributed by atoms with Crippen molar-refractivity contribution in [1.82, 2.24) is 4.90 Å². The predicted molar refractivity (Wildman–Crippen MR) is 114 cm³/mol. The molecule has 2 aliphatic heterocycles. The molecule has 0 aromatic rings. The van der Waals surface area contributed by atoms with E-state index in [0.717, 1.165) is 0 Å². The zero-order valence-corrected chi connectivity index (χ0v) is 20.0. The van der Waals surface area contributed by atoms with Crippen molar-refractivity contribution in [1.29, 1.82) is 0 Å². The lowest BCUT2D eigenvalue weighted by Gasteiger charge is -2.39. The molecule has 11 heteroatoms. The summed E-state index contributed by atoms with van der Waals surface area (Å²) in [6, 6.07) is 0. The first-order valence-corrected chi connectivity index (χ1v) is 11.1. The van der Waals surface area contributed by atoms with Gasteiger partial charge in [0, 0.05) is 6.54 Å². The first-order valence-electron chi connectivity index (χ1n) is 11.1. The Morgan fingerprint density at radius 1 is 0.969 bits per heavy atom. The van der Waals surface area contributed by atoms with E-state index < -0.39 is 29.8 Å². The molecule has 0 aromatic carbocycles. The van der Waals surface area contributed by atoms with Crippen LogP contribution < -0.4 is 5.73 Å². The highest BCUT2D eigenvalue weighted by Gasteiger charge is 2.53. The van der Waals surface area contributed by atoms with Gasteiger partial charge in [-0.25, -0.2) is 4.79 Å². The van der Waals surface area contributed by atoms with Crippen LogP contribution in [0.4, 0.5) is 4.79 Å². The SMILES string of the molecule is CC(C)(C)OC(=O)N1COC(COCCOCCOCCOCCN)C2OC(C)(C)OC21. The molecule has 0 saturated carbocycles. The van der Waals surface area contributed by atoms with Gasteiger partial charge in [0.25, 0.3) is 0 Å². The second-order valence-corrected chi connectivity index (χ2v) is 8.98. The molecule has 0 spiro atoms. The van der Waals surface area contributed by atoms with Crippen molar-refractivity contribution < 1.29 is 42.7 Å². The number of hydrogen-bond acceptors (Lipinski definition) is 10. The lowest BCUT2D eigenvalue weighted by molar-refractivity contribution is -0.186. The van der Waals surface area contributed by atoms with Gasteiger partial charge in [0.05, 0.1) is 52.9 Å². The first kappa shape index (κ1) is 27.2. The van der Waals surface area contributed by atoms with Crippen LogP contribution in [0.25, 0.3) is 0 Å². The van der Waals surface area contributed by atoms with Gasteiger partial charge >= 0.3 is 6.09 Å². The molecule has 0 aromatic heterocycles. The van der Waals surface area contributed by atoms with Crippen molar-refractivity contribution >= 4 is 6.09 Å². The van der Waals surface area contributed by atoms with E-state index in [1.807, 2.05) is 20.8 Å². The van der Waals surface area contributed by atoms with Crippen molar-refractivity contribution in [2.24, 2.45) is 5.73 Å². The van der Waals surface area contributed by atoms with Gasteiger partial charge in [0.2, 0.25) is 0 Å². The number of amides is 1. The lowest BCUT2D eigenvalue weighted by atomic mass is 10.1. The van der Waals surface area contributed by atoms with Crippen molar-refractivity contribution in [3.8, 4) is 0 Å². The fraction of sp³-hybridized carbons (Fsp3) is 0.952. The summed E-state index contributed by atoms with van der Waals surface area (Å²) < 4.78 is 45.1. The monoisotopic (exact) mass is 464 g/mol. The average Bonchev–Trinajstić information content (AvgIpc) is 3.02. The molecular formula is C21H40N2O9. The first-order chi connectivity index (χ1) is 15.1. The lowest BCUT2D eigenvalue weighted by Crippen LogP contribution is -2.58. The number of carbonyl (C=O) groups excluding carboxylic acids is 1. The molecule has 3 atom stereocenters. The third kappa shape index (κ3) is 9.44. The van der Waals surface area contributed by atoms with E-state index in [1.165, 1.54) is 4.90 Å². The number of nitrogens with zero attached hydrogens (tertiary/aromatic N) is 1. The van der Waals surface area contributed by atoms with Gasteiger partial charge in [-0.05, 0) is 34.6 Å². The molecule has 11 nitrogen and oxygen atoms in total. The smallest absolute Gasteiger partial charge is 0.414 e. The molecule has 0 radical (unpaired) electrons. The quantitative estimate of drug-likeness (QED) is 0.396. The van der Waals surface area contributed by atoms with Gasteiger partial charge in [0.1, 0.15) is 24.5 Å². The second-order valence-electron chi connectivity index (χ2n) is 8.98. The van der Waals surface area contributed by atoms with Gasteiger partial charge in [-0.1, -0.05) is 0 Å². The van der Waals surface area contributed by atoms with Gasteiger partial charge < -0.3 is 43.6 Å². The fourth-order valence-corrected chi connectivity index (χ4v) is 3.18. The second kappa shape index (κ2) is 13.0. The Balaban J connectivity index is 1.65. The van der Waals surface area contributed by atoms with Crippen LogP contribution in [-0.2, 0) is 37.9 Å². The third-order valence-electron chi connectivity index (χ3n) is 4.50. The van der Waals surface area contributed by atoms with Crippen LogP contribution in [0, 0.1) is 0 Å². The van der Waals surface area contributed by atoms with E-state index in [9.17, 15) is 4.79 Å². The van der Waals surface area contributed by atoms with E-state index >= 15 is 0 Å². The molecule has 2 fully saturated rings. The summed E-state index contributed by atoms with van der Waals surface area (Å²) in [5.74, 6) is -0.847. The van der Waals surface area contributed by atoms with Crippen LogP contribution in [0.3, 0.4) is 0 Å². The Bertz CT molecular complexity index is 556. The van der Waals surface area contributed by atoms with Crippen LogP contribution in [-0.4, -0.2) is 107 Å². The Hall–Kier alpha value is -1.05. The number of carbonyl (C=O) groups is 1. The molecule has 2 aliphatic rings. The Kier molecular flexibility index (Phi) is 11.0. The van der Waals surface area contributed by atoms with E-state index in [2.05, 4.69) is 0 Å². The Labute approximate surface area is 190 Å². The van der Waals surface area contributed by atoms with Crippen LogP contribution in [0.2, 0.25) is 0 Å². The zero-order valence-electron chi connectivity index (χ0n) is 20.0. The van der Waals surface area contributed by atoms with Crippen molar-refractivity contribution in [2.75, 3.05) is 66.1 Å². The van der Waals surface area contributed by atoms with Gasteiger partial charge in [-0.15, -0.1) is 0 Å². The normalized spacial score (nSPS) is 25.1. The summed E-state index contributed by atoms with van der Waals surface area (Å²) in [6.07, 6.45) is -1.97. The summed E-state index contributed by atoms with van der Waals surface area (Å²) in [5.41, 5.74) is 4.71. The minimum atomic E-state index is -0.847. The van der Waals surface area contributed by atoms with E-state index in [-0.39, 0.29) is 12.8 Å². The number of fused-ring (bicyclic) bond motifs is 1. The summed E-state index contributed by atoms with van der Waals surface area (Å²) in [4.78, 5) is 14.0. The van der Waals surface area contributed by atoms with Gasteiger partial charge in [-0.3, -0.25) is 4.90 Å². The topological polar surface area (TPSA) is 120 Å². The highest BCUT2D eigenvalue weighted by atomic mass is 16.8. The molecule has 188 valence electrons. The molecule has 32 heavy (non-hydrogen) atoms. The molecule has 1 amide bonds. The number of nitrogens with two attached hydrogens (primary N) is 1. The molecule has 2 saturated heterocycles. The number of hydrogen-bond donors (Lipinski definition) is 1. The summed E-state index contributed by atoms with van der Waals surface area (Å²) in [6.45, 7) is 13.2. The zero-order chi connectivity index (χ0) is 23.6. The molecule has 0 aliphatic carbocycles. The largest absolute Gasteiger partial charge is 0.444 e. The van der Waals surface area contributed by atoms with Crippen LogP contribution in [0.1, 0.15) is 34.6 Å². The predicted octanol–water partition coefficient (Wildman–Crippen LogP) is 1.08. The maximum Gasteiger partial charge on any atom is 0.414 e. The standard InChI is InChI=1S/C21H40N2O9/c1-20(2,3)32-19(24)23-15-29-16(17-18(23)31-21(4,5)30-17)14-28-13-12-27-11-10-26-9-8-25-7-6-22/h16-18H,6-15,22H2,1-5H3. The molecule has 2 rings (SSSR count). The molecular weight excluding hydrogens is 424 g/mol. The minimum absolute atomic E-state index is 0.0341.